The van der Waals surface area contributed by atoms with E-state index in [0.717, 1.165) is 11.3 Å². The van der Waals surface area contributed by atoms with Crippen LogP contribution in [0.1, 0.15) is 22.3 Å². The summed E-state index contributed by atoms with van der Waals surface area (Å²) in [5, 5.41) is 8.79. The number of aryl methyl sites for hydroxylation is 2. The molecule has 0 heterocycles. The molecular formula is C18H17FOS. The summed E-state index contributed by atoms with van der Waals surface area (Å²) in [6.07, 6.45) is 0. The monoisotopic (exact) mass is 300 g/mol. The highest BCUT2D eigenvalue weighted by Crippen LogP contribution is 2.28. The van der Waals surface area contributed by atoms with Crippen LogP contribution < -0.4 is 0 Å². The van der Waals surface area contributed by atoms with Crippen molar-refractivity contribution < 1.29 is 9.50 Å². The van der Waals surface area contributed by atoms with Gasteiger partial charge in [-0.05, 0) is 43.2 Å². The second-order valence-corrected chi connectivity index (χ2v) is 5.84. The second kappa shape index (κ2) is 7.31. The van der Waals surface area contributed by atoms with Crippen LogP contribution in [0, 0.1) is 31.5 Å². The molecule has 0 atom stereocenters. The van der Waals surface area contributed by atoms with Gasteiger partial charge in [-0.3, -0.25) is 0 Å². The van der Waals surface area contributed by atoms with Crippen molar-refractivity contribution in [2.75, 3.05) is 6.61 Å². The van der Waals surface area contributed by atoms with E-state index in [1.165, 1.54) is 28.2 Å². The number of aliphatic hydroxyl groups excluding tert-OH is 1. The van der Waals surface area contributed by atoms with E-state index in [2.05, 4.69) is 43.9 Å². The standard InChI is InChI=1S/C18H17FOS/c1-13-5-6-14(2)18(10-13)21-12-16-7-8-17(19)11-15(16)4-3-9-20/h5-8,10-11,20H,9,12H2,1-2H3. The third kappa shape index (κ3) is 4.35. The molecule has 0 saturated heterocycles. The summed E-state index contributed by atoms with van der Waals surface area (Å²) in [4.78, 5) is 1.22. The fraction of sp³-hybridized carbons (Fsp3) is 0.222. The fourth-order valence-electron chi connectivity index (χ4n) is 1.94. The molecule has 108 valence electrons. The van der Waals surface area contributed by atoms with Gasteiger partial charge in [0.1, 0.15) is 12.4 Å². The molecular weight excluding hydrogens is 283 g/mol. The molecule has 1 nitrogen and oxygen atoms in total. The van der Waals surface area contributed by atoms with Gasteiger partial charge in [-0.25, -0.2) is 4.39 Å². The highest BCUT2D eigenvalue weighted by Gasteiger charge is 2.05. The van der Waals surface area contributed by atoms with Gasteiger partial charge in [0, 0.05) is 16.2 Å². The maximum absolute atomic E-state index is 13.3. The molecule has 0 aromatic heterocycles. The maximum Gasteiger partial charge on any atom is 0.124 e. The summed E-state index contributed by atoms with van der Waals surface area (Å²) in [5.74, 6) is 5.81. The third-order valence-corrected chi connectivity index (χ3v) is 4.31. The molecule has 0 amide bonds. The SMILES string of the molecule is Cc1ccc(C)c(SCc2ccc(F)cc2C#CCO)c1. The van der Waals surface area contributed by atoms with Gasteiger partial charge >= 0.3 is 0 Å². The highest BCUT2D eigenvalue weighted by molar-refractivity contribution is 7.98. The minimum absolute atomic E-state index is 0.222. The number of halogens is 1. The average Bonchev–Trinajstić information content (AvgIpc) is 2.47. The number of aliphatic hydroxyl groups is 1. The molecule has 1 N–H and O–H groups in total. The molecule has 3 heteroatoms. The summed E-state index contributed by atoms with van der Waals surface area (Å²) in [5.41, 5.74) is 4.07. The summed E-state index contributed by atoms with van der Waals surface area (Å²) < 4.78 is 13.3. The predicted molar refractivity (Wildman–Crippen MR) is 85.8 cm³/mol. The fourth-order valence-corrected chi connectivity index (χ4v) is 3.07. The van der Waals surface area contributed by atoms with Gasteiger partial charge in [0.05, 0.1) is 0 Å². The van der Waals surface area contributed by atoms with E-state index in [4.69, 9.17) is 5.11 Å². The predicted octanol–water partition coefficient (Wildman–Crippen LogP) is 4.08. The van der Waals surface area contributed by atoms with Gasteiger partial charge in [0.25, 0.3) is 0 Å². The summed E-state index contributed by atoms with van der Waals surface area (Å²) in [6, 6.07) is 11.0. The average molecular weight is 300 g/mol. The zero-order valence-electron chi connectivity index (χ0n) is 12.1. The van der Waals surface area contributed by atoms with E-state index in [-0.39, 0.29) is 12.4 Å². The lowest BCUT2D eigenvalue weighted by molar-refractivity contribution is 0.350. The Bertz CT molecular complexity index is 698. The van der Waals surface area contributed by atoms with Crippen molar-refractivity contribution in [1.82, 2.24) is 0 Å². The van der Waals surface area contributed by atoms with E-state index in [1.807, 2.05) is 0 Å². The Morgan fingerprint density at radius 1 is 1.14 bits per heavy atom. The Balaban J connectivity index is 2.21. The van der Waals surface area contributed by atoms with Crippen molar-refractivity contribution in [3.05, 3.63) is 64.5 Å². The van der Waals surface area contributed by atoms with E-state index in [1.54, 1.807) is 17.8 Å². The zero-order chi connectivity index (χ0) is 15.2. The van der Waals surface area contributed by atoms with Gasteiger partial charge in [-0.2, -0.15) is 0 Å². The van der Waals surface area contributed by atoms with E-state index in [0.29, 0.717) is 5.56 Å². The first kappa shape index (κ1) is 15.6. The van der Waals surface area contributed by atoms with Gasteiger partial charge in [0.2, 0.25) is 0 Å². The van der Waals surface area contributed by atoms with Gasteiger partial charge in [0.15, 0.2) is 0 Å². The van der Waals surface area contributed by atoms with Crippen LogP contribution in [0.2, 0.25) is 0 Å². The van der Waals surface area contributed by atoms with Crippen molar-refractivity contribution in [3.8, 4) is 11.8 Å². The highest BCUT2D eigenvalue weighted by atomic mass is 32.2. The minimum Gasteiger partial charge on any atom is -0.384 e. The number of rotatable bonds is 3. The molecule has 0 aliphatic heterocycles. The lowest BCUT2D eigenvalue weighted by Gasteiger charge is -2.08. The second-order valence-electron chi connectivity index (χ2n) is 4.82. The van der Waals surface area contributed by atoms with Crippen molar-refractivity contribution in [2.24, 2.45) is 0 Å². The van der Waals surface area contributed by atoms with Crippen LogP contribution in [-0.4, -0.2) is 11.7 Å². The number of hydrogen-bond donors (Lipinski definition) is 1. The first-order valence-electron chi connectivity index (χ1n) is 6.68. The van der Waals surface area contributed by atoms with Crippen LogP contribution in [-0.2, 0) is 5.75 Å². The van der Waals surface area contributed by atoms with E-state index in [9.17, 15) is 4.39 Å². The minimum atomic E-state index is -0.308. The molecule has 0 radical (unpaired) electrons. The van der Waals surface area contributed by atoms with Crippen molar-refractivity contribution in [2.45, 2.75) is 24.5 Å². The van der Waals surface area contributed by atoms with Crippen LogP contribution in [0.4, 0.5) is 4.39 Å². The summed E-state index contributed by atoms with van der Waals surface area (Å²) in [7, 11) is 0. The van der Waals surface area contributed by atoms with Crippen molar-refractivity contribution >= 4 is 11.8 Å². The first-order chi connectivity index (χ1) is 10.1. The smallest absolute Gasteiger partial charge is 0.124 e. The molecule has 0 aliphatic rings. The molecule has 21 heavy (non-hydrogen) atoms. The van der Waals surface area contributed by atoms with Gasteiger partial charge in [-0.1, -0.05) is 35.6 Å². The molecule has 2 rings (SSSR count). The number of hydrogen-bond acceptors (Lipinski definition) is 2. The molecule has 2 aromatic rings. The topological polar surface area (TPSA) is 20.2 Å². The number of thioether (sulfide) groups is 1. The van der Waals surface area contributed by atoms with Crippen LogP contribution in [0.5, 0.6) is 0 Å². The lowest BCUT2D eigenvalue weighted by atomic mass is 10.1. The van der Waals surface area contributed by atoms with Crippen LogP contribution in [0.25, 0.3) is 0 Å². The Hall–Kier alpha value is -1.76. The van der Waals surface area contributed by atoms with Crippen LogP contribution in [0.15, 0.2) is 41.3 Å². The number of benzene rings is 2. The molecule has 0 saturated carbocycles. The first-order valence-corrected chi connectivity index (χ1v) is 7.67. The Morgan fingerprint density at radius 2 is 1.95 bits per heavy atom. The Kier molecular flexibility index (Phi) is 5.44. The molecule has 0 bridgehead atoms. The van der Waals surface area contributed by atoms with Gasteiger partial charge in [-0.15, -0.1) is 11.8 Å². The Labute approximate surface area is 129 Å². The van der Waals surface area contributed by atoms with E-state index < -0.39 is 0 Å². The largest absolute Gasteiger partial charge is 0.384 e. The molecule has 0 fully saturated rings. The van der Waals surface area contributed by atoms with Crippen LogP contribution >= 0.6 is 11.8 Å². The quantitative estimate of drug-likeness (QED) is 0.681. The lowest BCUT2D eigenvalue weighted by Crippen LogP contribution is -1.91. The molecule has 0 spiro atoms. The van der Waals surface area contributed by atoms with Crippen molar-refractivity contribution in [3.63, 3.8) is 0 Å². The normalized spacial score (nSPS) is 10.1. The van der Waals surface area contributed by atoms with Gasteiger partial charge < -0.3 is 5.11 Å². The summed E-state index contributed by atoms with van der Waals surface area (Å²) in [6.45, 7) is 3.93. The van der Waals surface area contributed by atoms with Crippen LogP contribution in [0.3, 0.4) is 0 Å². The van der Waals surface area contributed by atoms with E-state index >= 15 is 0 Å². The van der Waals surface area contributed by atoms with Crippen molar-refractivity contribution in [1.29, 1.82) is 0 Å². The molecule has 2 aromatic carbocycles. The third-order valence-electron chi connectivity index (χ3n) is 3.10. The molecule has 0 aliphatic carbocycles. The Morgan fingerprint density at radius 3 is 2.71 bits per heavy atom. The zero-order valence-corrected chi connectivity index (χ0v) is 12.9. The summed E-state index contributed by atoms with van der Waals surface area (Å²) >= 11 is 1.72. The molecule has 0 unspecified atom stereocenters. The maximum atomic E-state index is 13.3.